The van der Waals surface area contributed by atoms with Gasteiger partial charge < -0.3 is 16.0 Å². The van der Waals surface area contributed by atoms with E-state index in [-0.39, 0.29) is 5.91 Å². The number of hydrogen-bond donors (Lipinski definition) is 2. The fraction of sp³-hybridized carbons (Fsp3) is 0.533. The Balaban J connectivity index is 2.06. The van der Waals surface area contributed by atoms with Crippen LogP contribution >= 0.6 is 11.6 Å². The highest BCUT2D eigenvalue weighted by Crippen LogP contribution is 2.30. The molecule has 1 fully saturated rings. The summed E-state index contributed by atoms with van der Waals surface area (Å²) in [6.45, 7) is 2.73. The highest BCUT2D eigenvalue weighted by atomic mass is 35.5. The second kappa shape index (κ2) is 6.95. The minimum absolute atomic E-state index is 0.193. The number of nitrogens with one attached hydrogen (secondary N) is 1. The van der Waals surface area contributed by atoms with Crippen molar-refractivity contribution in [1.82, 2.24) is 5.32 Å². The lowest BCUT2D eigenvalue weighted by Gasteiger charge is -2.34. The average molecular weight is 296 g/mol. The van der Waals surface area contributed by atoms with Gasteiger partial charge in [-0.1, -0.05) is 17.7 Å². The number of primary amides is 1. The van der Waals surface area contributed by atoms with Crippen molar-refractivity contribution in [3.8, 4) is 0 Å². The molecule has 0 bridgehead atoms. The Kier molecular flexibility index (Phi) is 5.26. The molecule has 1 amide bonds. The van der Waals surface area contributed by atoms with Crippen molar-refractivity contribution in [2.45, 2.75) is 25.8 Å². The molecular weight excluding hydrogens is 274 g/mol. The number of anilines is 1. The number of carbonyl (C=O) groups is 1. The van der Waals surface area contributed by atoms with Gasteiger partial charge in [-0.15, -0.1) is 0 Å². The molecule has 0 spiro atoms. The van der Waals surface area contributed by atoms with Crippen LogP contribution in [-0.2, 0) is 11.3 Å². The number of piperidine rings is 1. The molecule has 4 nitrogen and oxygen atoms in total. The predicted octanol–water partition coefficient (Wildman–Crippen LogP) is 2.15. The van der Waals surface area contributed by atoms with E-state index in [2.05, 4.69) is 16.3 Å². The monoisotopic (exact) mass is 295 g/mol. The van der Waals surface area contributed by atoms with Gasteiger partial charge in [-0.3, -0.25) is 4.79 Å². The molecule has 0 unspecified atom stereocenters. The SMILES string of the molecule is CNCc1ccc(Cl)cc1N1CCC(CC(N)=O)CC1. The summed E-state index contributed by atoms with van der Waals surface area (Å²) in [6, 6.07) is 6.03. The Bertz CT molecular complexity index is 470. The molecule has 0 aromatic heterocycles. The largest absolute Gasteiger partial charge is 0.371 e. The van der Waals surface area contributed by atoms with E-state index in [1.54, 1.807) is 0 Å². The van der Waals surface area contributed by atoms with Crippen molar-refractivity contribution in [2.24, 2.45) is 11.7 Å². The molecule has 3 N–H and O–H groups in total. The van der Waals surface area contributed by atoms with Crippen LogP contribution in [0.1, 0.15) is 24.8 Å². The molecule has 1 aromatic rings. The van der Waals surface area contributed by atoms with Crippen molar-refractivity contribution >= 4 is 23.2 Å². The maximum Gasteiger partial charge on any atom is 0.217 e. The third-order valence-corrected chi connectivity index (χ3v) is 4.09. The zero-order valence-electron chi connectivity index (χ0n) is 11.9. The molecule has 1 saturated heterocycles. The summed E-state index contributed by atoms with van der Waals surface area (Å²) in [5.41, 5.74) is 7.73. The van der Waals surface area contributed by atoms with Gasteiger partial charge in [0, 0.05) is 36.8 Å². The van der Waals surface area contributed by atoms with E-state index in [1.807, 2.05) is 19.2 Å². The van der Waals surface area contributed by atoms with Crippen LogP contribution in [0.15, 0.2) is 18.2 Å². The van der Waals surface area contributed by atoms with Crippen LogP contribution in [0.3, 0.4) is 0 Å². The van der Waals surface area contributed by atoms with Crippen LogP contribution in [0.2, 0.25) is 5.02 Å². The van der Waals surface area contributed by atoms with Gasteiger partial charge in [-0.05, 0) is 43.5 Å². The number of carbonyl (C=O) groups excluding carboxylic acids is 1. The summed E-state index contributed by atoms with van der Waals surface area (Å²) in [5, 5.41) is 3.95. The zero-order valence-corrected chi connectivity index (χ0v) is 12.6. The number of nitrogens with two attached hydrogens (primary N) is 1. The van der Waals surface area contributed by atoms with Gasteiger partial charge in [0.15, 0.2) is 0 Å². The molecule has 2 rings (SSSR count). The second-order valence-corrected chi connectivity index (χ2v) is 5.84. The van der Waals surface area contributed by atoms with Crippen LogP contribution in [0.25, 0.3) is 0 Å². The number of rotatable bonds is 5. The fourth-order valence-corrected chi connectivity index (χ4v) is 3.00. The Labute approximate surface area is 125 Å². The maximum absolute atomic E-state index is 11.0. The van der Waals surface area contributed by atoms with Crippen molar-refractivity contribution in [1.29, 1.82) is 0 Å². The van der Waals surface area contributed by atoms with Gasteiger partial charge in [-0.25, -0.2) is 0 Å². The normalized spacial score (nSPS) is 16.4. The van der Waals surface area contributed by atoms with E-state index in [0.717, 1.165) is 37.5 Å². The fourth-order valence-electron chi connectivity index (χ4n) is 2.83. The van der Waals surface area contributed by atoms with Gasteiger partial charge in [0.25, 0.3) is 0 Å². The third kappa shape index (κ3) is 3.87. The molecule has 5 heteroatoms. The molecule has 0 atom stereocenters. The quantitative estimate of drug-likeness (QED) is 0.875. The minimum Gasteiger partial charge on any atom is -0.371 e. The molecular formula is C15H22ClN3O. The third-order valence-electron chi connectivity index (χ3n) is 3.86. The van der Waals surface area contributed by atoms with E-state index in [9.17, 15) is 4.79 Å². The molecule has 1 aliphatic rings. The van der Waals surface area contributed by atoms with Crippen molar-refractivity contribution < 1.29 is 4.79 Å². The Morgan fingerprint density at radius 1 is 1.45 bits per heavy atom. The van der Waals surface area contributed by atoms with Gasteiger partial charge in [0.05, 0.1) is 0 Å². The molecule has 110 valence electrons. The molecule has 0 radical (unpaired) electrons. The van der Waals surface area contributed by atoms with Crippen molar-refractivity contribution in [2.75, 3.05) is 25.0 Å². The number of halogens is 1. The summed E-state index contributed by atoms with van der Waals surface area (Å²) < 4.78 is 0. The summed E-state index contributed by atoms with van der Waals surface area (Å²) >= 11 is 6.13. The van der Waals surface area contributed by atoms with E-state index in [0.29, 0.717) is 12.3 Å². The van der Waals surface area contributed by atoms with E-state index in [4.69, 9.17) is 17.3 Å². The Hall–Kier alpha value is -1.26. The topological polar surface area (TPSA) is 58.4 Å². The number of hydrogen-bond acceptors (Lipinski definition) is 3. The Morgan fingerprint density at radius 2 is 2.15 bits per heavy atom. The zero-order chi connectivity index (χ0) is 14.5. The number of benzene rings is 1. The van der Waals surface area contributed by atoms with Crippen molar-refractivity contribution in [3.63, 3.8) is 0 Å². The predicted molar refractivity (Wildman–Crippen MR) is 83.0 cm³/mol. The molecule has 1 aliphatic heterocycles. The minimum atomic E-state index is -0.193. The molecule has 1 aromatic carbocycles. The van der Waals surface area contributed by atoms with Crippen LogP contribution in [0.4, 0.5) is 5.69 Å². The standard InChI is InChI=1S/C15H22ClN3O/c1-18-10-12-2-3-13(16)9-14(12)19-6-4-11(5-7-19)8-15(17)20/h2-3,9,11,18H,4-8,10H2,1H3,(H2,17,20). The first-order chi connectivity index (χ1) is 9.60. The molecule has 1 heterocycles. The van der Waals surface area contributed by atoms with Gasteiger partial charge in [0.2, 0.25) is 5.91 Å². The summed E-state index contributed by atoms with van der Waals surface area (Å²) in [6.07, 6.45) is 2.52. The number of amides is 1. The van der Waals surface area contributed by atoms with Crippen LogP contribution in [0.5, 0.6) is 0 Å². The lowest BCUT2D eigenvalue weighted by molar-refractivity contribution is -0.119. The lowest BCUT2D eigenvalue weighted by Crippen LogP contribution is -2.35. The summed E-state index contributed by atoms with van der Waals surface area (Å²) in [5.74, 6) is 0.234. The Morgan fingerprint density at radius 3 is 2.75 bits per heavy atom. The first-order valence-electron chi connectivity index (χ1n) is 7.06. The lowest BCUT2D eigenvalue weighted by atomic mass is 9.92. The highest BCUT2D eigenvalue weighted by Gasteiger charge is 2.22. The van der Waals surface area contributed by atoms with Crippen LogP contribution in [-0.4, -0.2) is 26.0 Å². The first-order valence-corrected chi connectivity index (χ1v) is 7.44. The van der Waals surface area contributed by atoms with E-state index < -0.39 is 0 Å². The van der Waals surface area contributed by atoms with Gasteiger partial charge >= 0.3 is 0 Å². The van der Waals surface area contributed by atoms with E-state index in [1.165, 1.54) is 11.3 Å². The van der Waals surface area contributed by atoms with Gasteiger partial charge in [-0.2, -0.15) is 0 Å². The molecule has 20 heavy (non-hydrogen) atoms. The van der Waals surface area contributed by atoms with Crippen LogP contribution in [0, 0.1) is 5.92 Å². The summed E-state index contributed by atoms with van der Waals surface area (Å²) in [4.78, 5) is 13.3. The smallest absolute Gasteiger partial charge is 0.217 e. The molecule has 0 aliphatic carbocycles. The average Bonchev–Trinajstić information content (AvgIpc) is 2.41. The highest BCUT2D eigenvalue weighted by molar-refractivity contribution is 6.30. The van der Waals surface area contributed by atoms with Crippen molar-refractivity contribution in [3.05, 3.63) is 28.8 Å². The number of nitrogens with zero attached hydrogens (tertiary/aromatic N) is 1. The molecule has 0 saturated carbocycles. The van der Waals surface area contributed by atoms with Crippen LogP contribution < -0.4 is 16.0 Å². The second-order valence-electron chi connectivity index (χ2n) is 5.40. The maximum atomic E-state index is 11.0. The van der Waals surface area contributed by atoms with Gasteiger partial charge in [0.1, 0.15) is 0 Å². The first kappa shape index (κ1) is 15.1. The van der Waals surface area contributed by atoms with E-state index >= 15 is 0 Å². The summed E-state index contributed by atoms with van der Waals surface area (Å²) in [7, 11) is 1.94.